The summed E-state index contributed by atoms with van der Waals surface area (Å²) in [5.41, 5.74) is 1.45. The minimum absolute atomic E-state index is 0.0149. The van der Waals surface area contributed by atoms with Crippen molar-refractivity contribution in [3.05, 3.63) is 81.7 Å². The molecule has 1 N–H and O–H groups in total. The van der Waals surface area contributed by atoms with Gasteiger partial charge in [0, 0.05) is 0 Å². The molecule has 31 heavy (non-hydrogen) atoms. The number of halogens is 1. The van der Waals surface area contributed by atoms with Gasteiger partial charge in [0.15, 0.2) is 5.16 Å². The number of thioether (sulfide) groups is 1. The van der Waals surface area contributed by atoms with E-state index in [0.717, 1.165) is 23.1 Å². The maximum Gasteiger partial charge on any atom is 0.272 e. The van der Waals surface area contributed by atoms with E-state index in [1.807, 2.05) is 29.6 Å². The largest absolute Gasteiger partial charge is 0.497 e. The molecule has 9 heteroatoms. The number of aromatic nitrogens is 2. The Balaban J connectivity index is 1.58. The molecule has 0 saturated heterocycles. The number of nitrogens with zero attached hydrogens (tertiary/aromatic N) is 2. The summed E-state index contributed by atoms with van der Waals surface area (Å²) in [5, 5.41) is 4.79. The van der Waals surface area contributed by atoms with E-state index in [0.29, 0.717) is 21.9 Å². The van der Waals surface area contributed by atoms with Crippen molar-refractivity contribution in [2.75, 3.05) is 18.2 Å². The van der Waals surface area contributed by atoms with Gasteiger partial charge >= 0.3 is 0 Å². The molecule has 0 aliphatic heterocycles. The number of nitrogens with one attached hydrogen (secondary N) is 1. The van der Waals surface area contributed by atoms with Gasteiger partial charge in [-0.25, -0.2) is 9.37 Å². The molecule has 158 valence electrons. The number of anilines is 1. The Labute approximate surface area is 185 Å². The number of methoxy groups -OCH3 is 1. The molecule has 6 nitrogen and oxygen atoms in total. The minimum Gasteiger partial charge on any atom is -0.497 e. The van der Waals surface area contributed by atoms with Crippen molar-refractivity contribution in [2.45, 2.75) is 11.7 Å². The molecule has 1 amide bonds. The third-order valence-electron chi connectivity index (χ3n) is 4.51. The lowest BCUT2D eigenvalue weighted by molar-refractivity contribution is -0.113. The summed E-state index contributed by atoms with van der Waals surface area (Å²) >= 11 is 2.47. The zero-order chi connectivity index (χ0) is 21.8. The third kappa shape index (κ3) is 4.78. The number of fused-ring (bicyclic) bond motifs is 1. The van der Waals surface area contributed by atoms with Crippen LogP contribution in [0.25, 0.3) is 10.2 Å². The highest BCUT2D eigenvalue weighted by atomic mass is 32.2. The number of carbonyl (C=O) groups is 1. The quantitative estimate of drug-likeness (QED) is 0.331. The van der Waals surface area contributed by atoms with Gasteiger partial charge in [-0.2, -0.15) is 0 Å². The molecule has 4 rings (SSSR count). The molecule has 0 saturated carbocycles. The van der Waals surface area contributed by atoms with E-state index in [2.05, 4.69) is 10.3 Å². The fourth-order valence-electron chi connectivity index (χ4n) is 2.97. The summed E-state index contributed by atoms with van der Waals surface area (Å²) in [4.78, 5) is 30.0. The van der Waals surface area contributed by atoms with E-state index < -0.39 is 5.82 Å². The Morgan fingerprint density at radius 1 is 1.19 bits per heavy atom. The average molecular weight is 456 g/mol. The van der Waals surface area contributed by atoms with Crippen molar-refractivity contribution in [3.63, 3.8) is 0 Å². The number of rotatable bonds is 7. The molecule has 0 aliphatic rings. The molecule has 0 bridgehead atoms. The van der Waals surface area contributed by atoms with Crippen LogP contribution in [0.4, 0.5) is 10.1 Å². The summed E-state index contributed by atoms with van der Waals surface area (Å²) < 4.78 is 21.1. The molecule has 0 spiro atoms. The van der Waals surface area contributed by atoms with Crippen LogP contribution in [0.5, 0.6) is 5.75 Å². The van der Waals surface area contributed by atoms with Crippen LogP contribution in [0.3, 0.4) is 0 Å². The SMILES string of the molecule is COc1ccc(Cn2c(SCC(=O)Nc3ccccc3F)nc3ccsc3c2=O)cc1. The number of ether oxygens (including phenoxy) is 1. The number of benzene rings is 2. The van der Waals surface area contributed by atoms with E-state index in [1.165, 1.54) is 23.5 Å². The molecule has 4 aromatic rings. The van der Waals surface area contributed by atoms with Crippen molar-refractivity contribution in [1.29, 1.82) is 0 Å². The van der Waals surface area contributed by atoms with Gasteiger partial charge in [0.25, 0.3) is 5.56 Å². The highest BCUT2D eigenvalue weighted by Gasteiger charge is 2.15. The highest BCUT2D eigenvalue weighted by molar-refractivity contribution is 7.99. The Hall–Kier alpha value is -3.17. The van der Waals surface area contributed by atoms with E-state index in [1.54, 1.807) is 29.9 Å². The van der Waals surface area contributed by atoms with E-state index in [9.17, 15) is 14.0 Å². The predicted molar refractivity (Wildman–Crippen MR) is 122 cm³/mol. The smallest absolute Gasteiger partial charge is 0.272 e. The first-order valence-corrected chi connectivity index (χ1v) is 11.2. The zero-order valence-corrected chi connectivity index (χ0v) is 18.1. The molecule has 0 atom stereocenters. The Morgan fingerprint density at radius 2 is 1.97 bits per heavy atom. The van der Waals surface area contributed by atoms with Crippen molar-refractivity contribution >= 4 is 44.9 Å². The first-order chi connectivity index (χ1) is 15.0. The fourth-order valence-corrected chi connectivity index (χ4v) is 4.54. The summed E-state index contributed by atoms with van der Waals surface area (Å²) in [6, 6.07) is 15.2. The maximum atomic E-state index is 13.8. The second-order valence-electron chi connectivity index (χ2n) is 6.59. The van der Waals surface area contributed by atoms with Gasteiger partial charge in [-0.15, -0.1) is 11.3 Å². The number of thiophene rings is 1. The monoisotopic (exact) mass is 455 g/mol. The minimum atomic E-state index is -0.505. The fraction of sp³-hybridized carbons (Fsp3) is 0.136. The lowest BCUT2D eigenvalue weighted by Crippen LogP contribution is -2.24. The van der Waals surface area contributed by atoms with Gasteiger partial charge in [0.1, 0.15) is 16.3 Å². The van der Waals surface area contributed by atoms with E-state index in [4.69, 9.17) is 4.74 Å². The summed E-state index contributed by atoms with van der Waals surface area (Å²) in [7, 11) is 1.59. The van der Waals surface area contributed by atoms with Crippen molar-refractivity contribution in [1.82, 2.24) is 9.55 Å². The Morgan fingerprint density at radius 3 is 2.71 bits per heavy atom. The predicted octanol–water partition coefficient (Wildman–Crippen LogP) is 4.38. The van der Waals surface area contributed by atoms with Gasteiger partial charge in [-0.05, 0) is 41.3 Å². The van der Waals surface area contributed by atoms with Crippen molar-refractivity contribution in [2.24, 2.45) is 0 Å². The van der Waals surface area contributed by atoms with Crippen LogP contribution < -0.4 is 15.6 Å². The van der Waals surface area contributed by atoms with Crippen LogP contribution in [0.1, 0.15) is 5.56 Å². The topological polar surface area (TPSA) is 73.2 Å². The van der Waals surface area contributed by atoms with Crippen LogP contribution in [0.15, 0.2) is 69.9 Å². The third-order valence-corrected chi connectivity index (χ3v) is 6.38. The van der Waals surface area contributed by atoms with E-state index in [-0.39, 0.29) is 22.9 Å². The van der Waals surface area contributed by atoms with E-state index >= 15 is 0 Å². The maximum absolute atomic E-state index is 13.8. The molecule has 0 radical (unpaired) electrons. The van der Waals surface area contributed by atoms with Crippen LogP contribution in [0, 0.1) is 5.82 Å². The summed E-state index contributed by atoms with van der Waals surface area (Å²) in [5.74, 6) is -0.179. The molecule has 2 aromatic heterocycles. The van der Waals surface area contributed by atoms with Gasteiger partial charge < -0.3 is 10.1 Å². The molecular weight excluding hydrogens is 437 g/mol. The molecular formula is C22H18FN3O3S2. The molecule has 0 aliphatic carbocycles. The number of hydrogen-bond donors (Lipinski definition) is 1. The molecule has 2 heterocycles. The second-order valence-corrected chi connectivity index (χ2v) is 8.44. The van der Waals surface area contributed by atoms with Crippen molar-refractivity contribution in [3.8, 4) is 5.75 Å². The van der Waals surface area contributed by atoms with Gasteiger partial charge in [0.05, 0.1) is 30.6 Å². The first-order valence-electron chi connectivity index (χ1n) is 9.33. The summed E-state index contributed by atoms with van der Waals surface area (Å²) in [6.07, 6.45) is 0. The zero-order valence-electron chi connectivity index (χ0n) is 16.5. The van der Waals surface area contributed by atoms with Crippen LogP contribution in [-0.4, -0.2) is 28.3 Å². The number of para-hydroxylation sites is 1. The number of hydrogen-bond acceptors (Lipinski definition) is 6. The average Bonchev–Trinajstić information content (AvgIpc) is 3.25. The van der Waals surface area contributed by atoms with Crippen molar-refractivity contribution < 1.29 is 13.9 Å². The first kappa shape index (κ1) is 21.1. The summed E-state index contributed by atoms with van der Waals surface area (Å²) in [6.45, 7) is 0.306. The Kier molecular flexibility index (Phi) is 6.34. The number of carbonyl (C=O) groups excluding carboxylic acids is 1. The number of amides is 1. The lowest BCUT2D eigenvalue weighted by atomic mass is 10.2. The van der Waals surface area contributed by atoms with Gasteiger partial charge in [0.2, 0.25) is 5.91 Å². The lowest BCUT2D eigenvalue weighted by Gasteiger charge is -2.13. The highest BCUT2D eigenvalue weighted by Crippen LogP contribution is 2.23. The second kappa shape index (κ2) is 9.32. The van der Waals surface area contributed by atoms with Gasteiger partial charge in [-0.3, -0.25) is 14.2 Å². The van der Waals surface area contributed by atoms with Crippen LogP contribution in [0.2, 0.25) is 0 Å². The molecule has 2 aromatic carbocycles. The molecule has 0 fully saturated rings. The Bertz CT molecular complexity index is 1290. The van der Waals surface area contributed by atoms with Crippen LogP contribution in [-0.2, 0) is 11.3 Å². The van der Waals surface area contributed by atoms with Gasteiger partial charge in [-0.1, -0.05) is 36.0 Å². The normalized spacial score (nSPS) is 10.9. The standard InChI is InChI=1S/C22H18FN3O3S2/c1-29-15-8-6-14(7-9-15)12-26-21(28)20-18(10-11-30-20)25-22(26)31-13-19(27)24-17-5-3-2-4-16(17)23/h2-11H,12-13H2,1H3,(H,24,27). The molecule has 0 unspecified atom stereocenters. The van der Waals surface area contributed by atoms with Crippen LogP contribution >= 0.6 is 23.1 Å².